The highest BCUT2D eigenvalue weighted by molar-refractivity contribution is 5.81. The van der Waals surface area contributed by atoms with Crippen LogP contribution in [0.15, 0.2) is 0 Å². The molecule has 2 rings (SSSR count). The van der Waals surface area contributed by atoms with Gasteiger partial charge in [-0.3, -0.25) is 4.79 Å². The summed E-state index contributed by atoms with van der Waals surface area (Å²) >= 11 is 0. The molecule has 2 aliphatic rings. The number of nitrogens with zero attached hydrogens (tertiary/aromatic N) is 1. The van der Waals surface area contributed by atoms with E-state index in [4.69, 9.17) is 9.47 Å². The summed E-state index contributed by atoms with van der Waals surface area (Å²) in [6.07, 6.45) is 4.37. The maximum absolute atomic E-state index is 12.2. The Kier molecular flexibility index (Phi) is 4.76. The molecule has 0 aliphatic carbocycles. The predicted molar refractivity (Wildman–Crippen MR) is 69.6 cm³/mol. The number of rotatable bonds is 4. The van der Waals surface area contributed by atoms with Gasteiger partial charge in [-0.25, -0.2) is 0 Å². The Hall–Kier alpha value is -0.450. The second-order valence-electron chi connectivity index (χ2n) is 5.85. The summed E-state index contributed by atoms with van der Waals surface area (Å²) in [7, 11) is 4.02. The van der Waals surface area contributed by atoms with Crippen LogP contribution < -0.4 is 0 Å². The van der Waals surface area contributed by atoms with Gasteiger partial charge in [0.15, 0.2) is 0 Å². The van der Waals surface area contributed by atoms with Crippen molar-refractivity contribution < 1.29 is 14.3 Å². The van der Waals surface area contributed by atoms with Crippen molar-refractivity contribution in [3.05, 3.63) is 0 Å². The van der Waals surface area contributed by atoms with E-state index in [1.54, 1.807) is 0 Å². The number of carbonyl (C=O) groups is 1. The van der Waals surface area contributed by atoms with Crippen LogP contribution in [0.5, 0.6) is 0 Å². The molecular weight excluding hydrogens is 230 g/mol. The van der Waals surface area contributed by atoms with Crippen molar-refractivity contribution in [2.45, 2.75) is 37.7 Å². The first-order valence-corrected chi connectivity index (χ1v) is 7.00. The van der Waals surface area contributed by atoms with E-state index in [-0.39, 0.29) is 11.5 Å². The van der Waals surface area contributed by atoms with E-state index in [2.05, 4.69) is 4.90 Å². The number of Topliss-reactive ketones (excluding diaryl/α,β-unsaturated/α-hetero) is 1. The first-order valence-electron chi connectivity index (χ1n) is 7.00. The van der Waals surface area contributed by atoms with Crippen molar-refractivity contribution in [2.24, 2.45) is 5.92 Å². The molecule has 4 nitrogen and oxygen atoms in total. The molecule has 0 radical (unpaired) electrons. The second kappa shape index (κ2) is 6.13. The van der Waals surface area contributed by atoms with Gasteiger partial charge in [0.05, 0.1) is 5.60 Å². The van der Waals surface area contributed by atoms with Gasteiger partial charge in [-0.2, -0.15) is 0 Å². The lowest BCUT2D eigenvalue weighted by atomic mass is 9.78. The average Bonchev–Trinajstić information content (AvgIpc) is 2.37. The molecule has 2 saturated heterocycles. The molecule has 2 fully saturated rings. The molecular formula is C14H25NO3. The highest BCUT2D eigenvalue weighted by atomic mass is 16.5. The lowest BCUT2D eigenvalue weighted by Gasteiger charge is -2.43. The van der Waals surface area contributed by atoms with Crippen molar-refractivity contribution in [3.8, 4) is 0 Å². The minimum absolute atomic E-state index is 0.0606. The molecule has 0 aromatic carbocycles. The van der Waals surface area contributed by atoms with Gasteiger partial charge in [0.1, 0.15) is 5.78 Å². The third kappa shape index (κ3) is 3.53. The molecule has 1 spiro atoms. The molecule has 1 unspecified atom stereocenters. The Morgan fingerprint density at radius 1 is 1.28 bits per heavy atom. The molecule has 0 amide bonds. The Morgan fingerprint density at radius 3 is 2.67 bits per heavy atom. The van der Waals surface area contributed by atoms with Crippen LogP contribution in [0.3, 0.4) is 0 Å². The van der Waals surface area contributed by atoms with Crippen LogP contribution in [0.1, 0.15) is 32.1 Å². The van der Waals surface area contributed by atoms with Crippen LogP contribution in [0.25, 0.3) is 0 Å². The number of ketones is 1. The third-order valence-electron chi connectivity index (χ3n) is 4.16. The summed E-state index contributed by atoms with van der Waals surface area (Å²) in [4.78, 5) is 14.3. The summed E-state index contributed by atoms with van der Waals surface area (Å²) in [5.74, 6) is 0.620. The fraction of sp³-hybridized carbons (Fsp3) is 0.929. The molecule has 2 heterocycles. The van der Waals surface area contributed by atoms with Crippen LogP contribution in [-0.2, 0) is 14.3 Å². The summed E-state index contributed by atoms with van der Waals surface area (Å²) in [6.45, 7) is 3.14. The fourth-order valence-corrected chi connectivity index (χ4v) is 2.93. The van der Waals surface area contributed by atoms with Gasteiger partial charge in [0.2, 0.25) is 0 Å². The lowest BCUT2D eigenvalue weighted by Crippen LogP contribution is -2.46. The van der Waals surface area contributed by atoms with Crippen molar-refractivity contribution in [3.63, 3.8) is 0 Å². The normalized spacial score (nSPS) is 27.6. The van der Waals surface area contributed by atoms with Crippen molar-refractivity contribution >= 4 is 5.78 Å². The number of hydrogen-bond donors (Lipinski definition) is 0. The maximum atomic E-state index is 12.2. The number of hydrogen-bond acceptors (Lipinski definition) is 4. The minimum Gasteiger partial charge on any atom is -0.381 e. The lowest BCUT2D eigenvalue weighted by molar-refractivity contribution is -0.157. The highest BCUT2D eigenvalue weighted by Crippen LogP contribution is 2.37. The topological polar surface area (TPSA) is 38.8 Å². The van der Waals surface area contributed by atoms with Crippen LogP contribution in [-0.4, -0.2) is 56.7 Å². The molecule has 0 N–H and O–H groups in total. The van der Waals surface area contributed by atoms with Crippen molar-refractivity contribution in [1.29, 1.82) is 0 Å². The standard InChI is InChI=1S/C14H25NO3/c1-15(2)7-3-13(16)12-4-8-18-14(11-12)5-9-17-10-6-14/h12H,3-11H2,1-2H3. The molecule has 0 aromatic heterocycles. The molecule has 1 atom stereocenters. The van der Waals surface area contributed by atoms with Gasteiger partial charge in [-0.1, -0.05) is 0 Å². The first-order chi connectivity index (χ1) is 8.61. The highest BCUT2D eigenvalue weighted by Gasteiger charge is 2.40. The molecule has 0 bridgehead atoms. The van der Waals surface area contributed by atoms with E-state index in [0.717, 1.165) is 52.0 Å². The molecule has 18 heavy (non-hydrogen) atoms. The van der Waals surface area contributed by atoms with E-state index >= 15 is 0 Å². The molecule has 104 valence electrons. The molecule has 2 aliphatic heterocycles. The third-order valence-corrected chi connectivity index (χ3v) is 4.16. The number of carbonyl (C=O) groups excluding carboxylic acids is 1. The quantitative estimate of drug-likeness (QED) is 0.763. The summed E-state index contributed by atoms with van der Waals surface area (Å²) in [5.41, 5.74) is -0.0606. The molecule has 0 aromatic rings. The van der Waals surface area contributed by atoms with E-state index in [1.807, 2.05) is 14.1 Å². The zero-order valence-electron chi connectivity index (χ0n) is 11.6. The Balaban J connectivity index is 1.87. The van der Waals surface area contributed by atoms with E-state index in [0.29, 0.717) is 12.2 Å². The van der Waals surface area contributed by atoms with Gasteiger partial charge in [-0.15, -0.1) is 0 Å². The molecule has 4 heteroatoms. The zero-order chi connectivity index (χ0) is 13.0. The monoisotopic (exact) mass is 255 g/mol. The smallest absolute Gasteiger partial charge is 0.137 e. The van der Waals surface area contributed by atoms with Crippen LogP contribution in [0.4, 0.5) is 0 Å². The van der Waals surface area contributed by atoms with Crippen molar-refractivity contribution in [1.82, 2.24) is 4.90 Å². The van der Waals surface area contributed by atoms with Crippen LogP contribution in [0, 0.1) is 5.92 Å². The van der Waals surface area contributed by atoms with Gasteiger partial charge >= 0.3 is 0 Å². The minimum atomic E-state index is -0.0606. The summed E-state index contributed by atoms with van der Waals surface area (Å²) in [5, 5.41) is 0. The maximum Gasteiger partial charge on any atom is 0.137 e. The Labute approximate surface area is 110 Å². The van der Waals surface area contributed by atoms with E-state index in [9.17, 15) is 4.79 Å². The van der Waals surface area contributed by atoms with Gasteiger partial charge < -0.3 is 14.4 Å². The number of ether oxygens (including phenoxy) is 2. The molecule has 0 saturated carbocycles. The van der Waals surface area contributed by atoms with Gasteiger partial charge in [0.25, 0.3) is 0 Å². The summed E-state index contributed by atoms with van der Waals surface area (Å²) in [6, 6.07) is 0. The zero-order valence-corrected chi connectivity index (χ0v) is 11.6. The van der Waals surface area contributed by atoms with Gasteiger partial charge in [-0.05, 0) is 39.8 Å². The fourth-order valence-electron chi connectivity index (χ4n) is 2.93. The largest absolute Gasteiger partial charge is 0.381 e. The second-order valence-corrected chi connectivity index (χ2v) is 5.85. The van der Waals surface area contributed by atoms with E-state index in [1.165, 1.54) is 0 Å². The van der Waals surface area contributed by atoms with Crippen molar-refractivity contribution in [2.75, 3.05) is 40.5 Å². The van der Waals surface area contributed by atoms with E-state index < -0.39 is 0 Å². The Morgan fingerprint density at radius 2 is 2.00 bits per heavy atom. The van der Waals surface area contributed by atoms with Gasteiger partial charge in [0, 0.05) is 38.7 Å². The Bertz CT molecular complexity index is 279. The summed E-state index contributed by atoms with van der Waals surface area (Å²) < 4.78 is 11.4. The SMILES string of the molecule is CN(C)CCC(=O)C1CCOC2(CCOCC2)C1. The average molecular weight is 255 g/mol. The first kappa shape index (κ1) is 14.0. The van der Waals surface area contributed by atoms with Crippen LogP contribution >= 0.6 is 0 Å². The van der Waals surface area contributed by atoms with Crippen LogP contribution in [0.2, 0.25) is 0 Å². The predicted octanol–water partition coefficient (Wildman–Crippen LogP) is 1.48.